The van der Waals surface area contributed by atoms with Crippen LogP contribution in [0.15, 0.2) is 66.7 Å². The number of carboxylic acids is 1. The van der Waals surface area contributed by atoms with E-state index in [0.717, 1.165) is 45.6 Å². The predicted molar refractivity (Wildman–Crippen MR) is 165 cm³/mol. The molecule has 2 aliphatic carbocycles. The van der Waals surface area contributed by atoms with E-state index in [1.807, 2.05) is 62.4 Å². The Bertz CT molecular complexity index is 1790. The maximum atomic E-state index is 14.9. The van der Waals surface area contributed by atoms with Gasteiger partial charge in [0.05, 0.1) is 17.3 Å². The summed E-state index contributed by atoms with van der Waals surface area (Å²) in [5.74, 6) is 0.279. The lowest BCUT2D eigenvalue weighted by Crippen LogP contribution is -2.41. The summed E-state index contributed by atoms with van der Waals surface area (Å²) in [4.78, 5) is 27.3. The van der Waals surface area contributed by atoms with Gasteiger partial charge in [0.1, 0.15) is 18.2 Å². The number of hydrogen-bond acceptors (Lipinski definition) is 5. The molecular formula is C36H33FN4O3. The van der Waals surface area contributed by atoms with Crippen molar-refractivity contribution in [3.05, 3.63) is 118 Å². The number of carboxylic acid groups (broad SMARTS) is 1. The predicted octanol–water partition coefficient (Wildman–Crippen LogP) is 6.86. The van der Waals surface area contributed by atoms with E-state index in [4.69, 9.17) is 21.3 Å². The number of fused-ring (bicyclic) bond motifs is 3. The fourth-order valence-electron chi connectivity index (χ4n) is 7.37. The Balaban J connectivity index is 1.06. The topological polar surface area (TPSA) is 79.9 Å². The standard InChI is InChI=1S/C36H33FN4O3/c1-21-31(22(2)40-35(39-21)41-15-13-36(38-3,14-16-41)26-7-5-4-6-8-26)23-9-12-30(37)25(17-23)20-44-27-10-11-28-24(18-27)19-29-32(28)33(29)34(42)43/h4-12,17-18,29,32-33H,13-16,19-20H2,1-2H3,(H,42,43)/t29-,32+,33+/m1/s1. The number of ether oxygens (including phenoxy) is 1. The molecule has 1 N–H and O–H groups in total. The van der Waals surface area contributed by atoms with Crippen molar-refractivity contribution in [2.75, 3.05) is 18.0 Å². The summed E-state index contributed by atoms with van der Waals surface area (Å²) < 4.78 is 20.9. The monoisotopic (exact) mass is 588 g/mol. The highest BCUT2D eigenvalue weighted by atomic mass is 19.1. The Kier molecular flexibility index (Phi) is 6.84. The van der Waals surface area contributed by atoms with Crippen molar-refractivity contribution in [3.8, 4) is 16.9 Å². The minimum absolute atomic E-state index is 0.0676. The van der Waals surface area contributed by atoms with Gasteiger partial charge in [-0.15, -0.1) is 0 Å². The molecule has 7 rings (SSSR count). The van der Waals surface area contributed by atoms with Gasteiger partial charge in [0.2, 0.25) is 5.95 Å². The van der Waals surface area contributed by atoms with Crippen LogP contribution < -0.4 is 9.64 Å². The molecular weight excluding hydrogens is 555 g/mol. The highest BCUT2D eigenvalue weighted by Gasteiger charge is 2.59. The van der Waals surface area contributed by atoms with Crippen LogP contribution in [0.2, 0.25) is 0 Å². The zero-order chi connectivity index (χ0) is 30.6. The molecule has 1 aromatic heterocycles. The molecule has 2 fully saturated rings. The van der Waals surface area contributed by atoms with Crippen molar-refractivity contribution in [1.82, 2.24) is 9.97 Å². The largest absolute Gasteiger partial charge is 0.489 e. The molecule has 7 nitrogen and oxygen atoms in total. The minimum atomic E-state index is -0.718. The summed E-state index contributed by atoms with van der Waals surface area (Å²) >= 11 is 0. The van der Waals surface area contributed by atoms with Gasteiger partial charge in [-0.25, -0.2) is 20.9 Å². The molecule has 3 aromatic carbocycles. The first-order valence-electron chi connectivity index (χ1n) is 15.1. The second-order valence-corrected chi connectivity index (χ2v) is 12.3. The maximum Gasteiger partial charge on any atom is 0.307 e. The summed E-state index contributed by atoms with van der Waals surface area (Å²) in [5, 5.41) is 9.37. The number of aliphatic carboxylic acids is 1. The van der Waals surface area contributed by atoms with Gasteiger partial charge in [-0.2, -0.15) is 0 Å². The first kappa shape index (κ1) is 28.0. The lowest BCUT2D eigenvalue weighted by Gasteiger charge is -2.34. The molecule has 0 spiro atoms. The van der Waals surface area contributed by atoms with Crippen LogP contribution >= 0.6 is 0 Å². The molecule has 0 amide bonds. The molecule has 8 heteroatoms. The van der Waals surface area contributed by atoms with E-state index >= 15 is 0 Å². The van der Waals surface area contributed by atoms with Crippen LogP contribution in [0.5, 0.6) is 5.75 Å². The Morgan fingerprint density at radius 1 is 1.07 bits per heavy atom. The quantitative estimate of drug-likeness (QED) is 0.238. The third-order valence-electron chi connectivity index (χ3n) is 9.77. The number of benzene rings is 3. The highest BCUT2D eigenvalue weighted by Crippen LogP contribution is 2.61. The van der Waals surface area contributed by atoms with Crippen molar-refractivity contribution in [3.63, 3.8) is 0 Å². The van der Waals surface area contributed by atoms with Gasteiger partial charge in [-0.3, -0.25) is 4.79 Å². The lowest BCUT2D eigenvalue weighted by molar-refractivity contribution is -0.139. The number of nitrogens with zero attached hydrogens (tertiary/aromatic N) is 4. The van der Waals surface area contributed by atoms with Crippen LogP contribution in [0.3, 0.4) is 0 Å². The van der Waals surface area contributed by atoms with Gasteiger partial charge < -0.3 is 19.6 Å². The van der Waals surface area contributed by atoms with Crippen LogP contribution in [0.25, 0.3) is 16.0 Å². The van der Waals surface area contributed by atoms with Gasteiger partial charge in [0, 0.05) is 48.5 Å². The third-order valence-corrected chi connectivity index (χ3v) is 9.77. The molecule has 3 aliphatic rings. The number of rotatable bonds is 7. The van der Waals surface area contributed by atoms with Gasteiger partial charge in [-0.1, -0.05) is 42.5 Å². The van der Waals surface area contributed by atoms with Crippen LogP contribution in [-0.4, -0.2) is 34.1 Å². The molecule has 4 aromatic rings. The molecule has 2 heterocycles. The number of halogens is 1. The molecule has 44 heavy (non-hydrogen) atoms. The van der Waals surface area contributed by atoms with E-state index in [1.165, 1.54) is 6.07 Å². The smallest absolute Gasteiger partial charge is 0.307 e. The Morgan fingerprint density at radius 2 is 1.80 bits per heavy atom. The Morgan fingerprint density at radius 3 is 2.48 bits per heavy atom. The van der Waals surface area contributed by atoms with Crippen LogP contribution in [0.4, 0.5) is 10.3 Å². The van der Waals surface area contributed by atoms with Crippen LogP contribution in [0.1, 0.15) is 52.4 Å². The highest BCUT2D eigenvalue weighted by molar-refractivity contribution is 5.78. The second kappa shape index (κ2) is 10.7. The minimum Gasteiger partial charge on any atom is -0.489 e. The van der Waals surface area contributed by atoms with E-state index in [-0.39, 0.29) is 30.2 Å². The van der Waals surface area contributed by atoms with Crippen LogP contribution in [0, 0.1) is 38.1 Å². The number of anilines is 1. The van der Waals surface area contributed by atoms with E-state index in [0.29, 0.717) is 43.2 Å². The zero-order valence-corrected chi connectivity index (χ0v) is 24.8. The van der Waals surface area contributed by atoms with Crippen molar-refractivity contribution < 1.29 is 19.0 Å². The fraction of sp³-hybridized carbons (Fsp3) is 0.333. The Labute approximate surface area is 256 Å². The average Bonchev–Trinajstić information content (AvgIpc) is 3.63. The number of piperidine rings is 1. The molecule has 0 radical (unpaired) electrons. The van der Waals surface area contributed by atoms with Crippen LogP contribution in [-0.2, 0) is 23.4 Å². The molecule has 1 aliphatic heterocycles. The summed E-state index contributed by atoms with van der Waals surface area (Å²) in [6.45, 7) is 13.3. The fourth-order valence-corrected chi connectivity index (χ4v) is 7.37. The first-order valence-corrected chi connectivity index (χ1v) is 15.1. The van der Waals surface area contributed by atoms with Gasteiger partial charge in [-0.05, 0) is 67.1 Å². The van der Waals surface area contributed by atoms with Gasteiger partial charge >= 0.3 is 5.97 Å². The summed E-state index contributed by atoms with van der Waals surface area (Å²) in [6, 6.07) is 20.8. The summed E-state index contributed by atoms with van der Waals surface area (Å²) in [7, 11) is 0. The zero-order valence-electron chi connectivity index (χ0n) is 24.8. The van der Waals surface area contributed by atoms with Crippen molar-refractivity contribution in [2.24, 2.45) is 11.8 Å². The lowest BCUT2D eigenvalue weighted by atomic mass is 9.82. The SMILES string of the molecule is [C-]#[N+]C1(c2ccccc2)CCN(c2nc(C)c(-c3ccc(F)c(COc4ccc5c(c4)C[C@H]4[C@H](C(=O)O)[C@@H]54)c3)c(C)n2)CC1. The van der Waals surface area contributed by atoms with Gasteiger partial charge in [0.25, 0.3) is 5.54 Å². The number of aromatic nitrogens is 2. The van der Waals surface area contributed by atoms with E-state index in [2.05, 4.69) is 9.74 Å². The van der Waals surface area contributed by atoms with Crippen molar-refractivity contribution >= 4 is 11.9 Å². The van der Waals surface area contributed by atoms with E-state index < -0.39 is 11.5 Å². The third kappa shape index (κ3) is 4.77. The number of hydrogen-bond donors (Lipinski definition) is 1. The summed E-state index contributed by atoms with van der Waals surface area (Å²) in [6.07, 6.45) is 2.16. The Hall–Kier alpha value is -4.77. The average molecular weight is 589 g/mol. The molecule has 1 saturated heterocycles. The first-order chi connectivity index (χ1) is 21.3. The normalized spacial score (nSPS) is 21.2. The van der Waals surface area contributed by atoms with E-state index in [1.54, 1.807) is 12.1 Å². The maximum absolute atomic E-state index is 14.9. The summed E-state index contributed by atoms with van der Waals surface area (Å²) in [5.41, 5.74) is 6.54. The molecule has 0 unspecified atom stereocenters. The number of aryl methyl sites for hydroxylation is 2. The molecule has 222 valence electrons. The second-order valence-electron chi connectivity index (χ2n) is 12.3. The van der Waals surface area contributed by atoms with Crippen molar-refractivity contribution in [1.29, 1.82) is 0 Å². The molecule has 3 atom stereocenters. The molecule has 1 saturated carbocycles. The van der Waals surface area contributed by atoms with Gasteiger partial charge in [0.15, 0.2) is 0 Å². The number of carbonyl (C=O) groups is 1. The van der Waals surface area contributed by atoms with Crippen molar-refractivity contribution in [2.45, 2.75) is 51.2 Å². The van der Waals surface area contributed by atoms with E-state index in [9.17, 15) is 14.3 Å². The molecule has 0 bridgehead atoms.